The Balaban J connectivity index is 1.44. The number of hydrogen-bond donors (Lipinski definition) is 2. The van der Waals surface area contributed by atoms with Gasteiger partial charge in [-0.3, -0.25) is 4.57 Å². The van der Waals surface area contributed by atoms with Crippen molar-refractivity contribution < 1.29 is 9.53 Å². The molecule has 0 unspecified atom stereocenters. The molecule has 0 spiro atoms. The Hall–Kier alpha value is -4.72. The van der Waals surface area contributed by atoms with Gasteiger partial charge in [-0.2, -0.15) is 0 Å². The maximum absolute atomic E-state index is 12.7. The fourth-order valence-electron chi connectivity index (χ4n) is 5.32. The maximum atomic E-state index is 12.7. The number of imidazole rings is 1. The Morgan fingerprint density at radius 2 is 1.71 bits per heavy atom. The van der Waals surface area contributed by atoms with Crippen LogP contribution >= 0.6 is 0 Å². The van der Waals surface area contributed by atoms with E-state index in [0.717, 1.165) is 58.5 Å². The van der Waals surface area contributed by atoms with Gasteiger partial charge in [-0.1, -0.05) is 42.0 Å². The molecule has 0 radical (unpaired) electrons. The lowest BCUT2D eigenvalue weighted by molar-refractivity contribution is 0.0377. The van der Waals surface area contributed by atoms with Gasteiger partial charge in [-0.25, -0.2) is 19.7 Å². The van der Waals surface area contributed by atoms with Crippen molar-refractivity contribution in [1.82, 2.24) is 24.8 Å². The summed E-state index contributed by atoms with van der Waals surface area (Å²) < 4.78 is 7.59. The van der Waals surface area contributed by atoms with Gasteiger partial charge in [0.1, 0.15) is 16.9 Å². The van der Waals surface area contributed by atoms with Crippen molar-refractivity contribution >= 4 is 23.1 Å². The van der Waals surface area contributed by atoms with Gasteiger partial charge in [0.25, 0.3) is 0 Å². The van der Waals surface area contributed by atoms with Crippen molar-refractivity contribution in [3.63, 3.8) is 0 Å². The van der Waals surface area contributed by atoms with Gasteiger partial charge < -0.3 is 15.8 Å². The topological polar surface area (TPSA) is 108 Å². The molecule has 8 nitrogen and oxygen atoms in total. The van der Waals surface area contributed by atoms with Gasteiger partial charge in [0, 0.05) is 17.4 Å². The van der Waals surface area contributed by atoms with Gasteiger partial charge in [-0.05, 0) is 88.9 Å². The molecule has 0 aliphatic heterocycles. The van der Waals surface area contributed by atoms with Crippen molar-refractivity contribution in [3.05, 3.63) is 90.1 Å². The van der Waals surface area contributed by atoms with Crippen LogP contribution in [-0.4, -0.2) is 31.2 Å². The highest BCUT2D eigenvalue weighted by Crippen LogP contribution is 2.42. The summed E-state index contributed by atoms with van der Waals surface area (Å²) in [6.45, 7) is 7.68. The van der Waals surface area contributed by atoms with Gasteiger partial charge in [-0.15, -0.1) is 0 Å². The zero-order valence-corrected chi connectivity index (χ0v) is 23.8. The summed E-state index contributed by atoms with van der Waals surface area (Å²) in [5, 5.41) is 3.14. The van der Waals surface area contributed by atoms with Crippen LogP contribution in [0.1, 0.15) is 51.2 Å². The average Bonchev–Trinajstić information content (AvgIpc) is 3.29. The van der Waals surface area contributed by atoms with E-state index in [1.165, 1.54) is 5.56 Å². The first-order valence-electron chi connectivity index (χ1n) is 13.9. The van der Waals surface area contributed by atoms with Crippen molar-refractivity contribution in [2.75, 3.05) is 5.73 Å². The fourth-order valence-corrected chi connectivity index (χ4v) is 5.32. The van der Waals surface area contributed by atoms with Crippen LogP contribution in [0.2, 0.25) is 0 Å². The highest BCUT2D eigenvalue weighted by molar-refractivity contribution is 5.84. The number of nitrogens with one attached hydrogen (secondary N) is 1. The molecule has 0 saturated heterocycles. The predicted molar refractivity (Wildman–Crippen MR) is 162 cm³/mol. The van der Waals surface area contributed by atoms with Crippen LogP contribution in [0.25, 0.3) is 39.5 Å². The summed E-state index contributed by atoms with van der Waals surface area (Å²) in [4.78, 5) is 27.0. The summed E-state index contributed by atoms with van der Waals surface area (Å²) in [6, 6.07) is 24.3. The number of ether oxygens (including phenoxy) is 1. The van der Waals surface area contributed by atoms with Gasteiger partial charge >= 0.3 is 6.09 Å². The molecule has 8 heteroatoms. The van der Waals surface area contributed by atoms with Gasteiger partial charge in [0.2, 0.25) is 0 Å². The molecule has 1 saturated carbocycles. The Labute approximate surface area is 239 Å². The van der Waals surface area contributed by atoms with Crippen LogP contribution in [0.5, 0.6) is 0 Å². The first-order chi connectivity index (χ1) is 19.6. The molecule has 41 heavy (non-hydrogen) atoms. The summed E-state index contributed by atoms with van der Waals surface area (Å²) in [5.41, 5.74) is 12.5. The summed E-state index contributed by atoms with van der Waals surface area (Å²) >= 11 is 0. The number of amides is 1. The van der Waals surface area contributed by atoms with E-state index >= 15 is 0 Å². The van der Waals surface area contributed by atoms with Crippen LogP contribution < -0.4 is 11.1 Å². The number of nitrogen functional groups attached to an aromatic ring is 1. The molecule has 1 aliphatic rings. The lowest BCUT2D eigenvalue weighted by atomic mass is 9.72. The second kappa shape index (κ2) is 10.0. The molecular weight excluding hydrogens is 512 g/mol. The number of carbonyl (C=O) groups is 1. The van der Waals surface area contributed by atoms with E-state index in [4.69, 9.17) is 20.4 Å². The van der Waals surface area contributed by atoms with Crippen LogP contribution in [0.15, 0.2) is 79.0 Å². The first kappa shape index (κ1) is 26.5. The summed E-state index contributed by atoms with van der Waals surface area (Å²) in [7, 11) is 0. The van der Waals surface area contributed by atoms with E-state index in [1.54, 1.807) is 6.20 Å². The molecule has 208 valence electrons. The molecule has 5 aromatic rings. The number of rotatable bonds is 5. The minimum atomic E-state index is -0.559. The Morgan fingerprint density at radius 1 is 0.976 bits per heavy atom. The molecule has 3 aromatic heterocycles. The standard InChI is InChI=1S/C33H34N6O2/c1-21-8-10-22(11-9-21)26-16-17-27-30(36-26)39(29(37-27)25-7-5-20-35-28(25)34)24-14-12-23(13-15-24)33(18-6-19-33)38-31(40)41-32(2,3)4/h5,7-17,20H,6,18-19H2,1-4H3,(H2,34,35)(H,38,40). The van der Waals surface area contributed by atoms with Crippen molar-refractivity contribution in [2.24, 2.45) is 0 Å². The monoisotopic (exact) mass is 546 g/mol. The molecular formula is C33H34N6O2. The number of carbonyl (C=O) groups excluding carboxylic acids is 1. The van der Waals surface area contributed by atoms with E-state index in [9.17, 15) is 4.79 Å². The van der Waals surface area contributed by atoms with E-state index in [2.05, 4.69) is 53.6 Å². The zero-order valence-electron chi connectivity index (χ0n) is 23.8. The number of fused-ring (bicyclic) bond motifs is 1. The SMILES string of the molecule is Cc1ccc(-c2ccc3nc(-c4cccnc4N)n(-c4ccc(C5(NC(=O)OC(C)(C)C)CCC5)cc4)c3n2)cc1. The molecule has 1 aliphatic carbocycles. The number of anilines is 1. The van der Waals surface area contributed by atoms with Crippen molar-refractivity contribution in [3.8, 4) is 28.3 Å². The molecule has 0 bridgehead atoms. The van der Waals surface area contributed by atoms with Crippen molar-refractivity contribution in [1.29, 1.82) is 0 Å². The number of nitrogens with zero attached hydrogens (tertiary/aromatic N) is 4. The number of nitrogens with two attached hydrogens (primary N) is 1. The third kappa shape index (κ3) is 5.13. The normalized spacial score (nSPS) is 14.4. The molecule has 0 atom stereocenters. The Kier molecular flexibility index (Phi) is 6.49. The molecule has 1 fully saturated rings. The zero-order chi connectivity index (χ0) is 28.8. The van der Waals surface area contributed by atoms with Crippen LogP contribution in [0, 0.1) is 6.92 Å². The summed E-state index contributed by atoms with van der Waals surface area (Å²) in [6.07, 6.45) is 4.03. The number of aromatic nitrogens is 4. The maximum Gasteiger partial charge on any atom is 0.408 e. The number of hydrogen-bond acceptors (Lipinski definition) is 6. The number of alkyl carbamates (subject to hydrolysis) is 1. The highest BCUT2D eigenvalue weighted by Gasteiger charge is 2.41. The van der Waals surface area contributed by atoms with Crippen LogP contribution in [-0.2, 0) is 10.3 Å². The van der Waals surface area contributed by atoms with Crippen LogP contribution in [0.4, 0.5) is 10.6 Å². The smallest absolute Gasteiger partial charge is 0.408 e. The largest absolute Gasteiger partial charge is 0.444 e. The highest BCUT2D eigenvalue weighted by atomic mass is 16.6. The second-order valence-corrected chi connectivity index (χ2v) is 11.7. The average molecular weight is 547 g/mol. The molecule has 3 heterocycles. The Bertz CT molecular complexity index is 1730. The van der Waals surface area contributed by atoms with E-state index in [0.29, 0.717) is 11.6 Å². The number of benzene rings is 2. The van der Waals surface area contributed by atoms with Gasteiger partial charge in [0.05, 0.1) is 16.8 Å². The minimum Gasteiger partial charge on any atom is -0.444 e. The Morgan fingerprint density at radius 3 is 2.34 bits per heavy atom. The van der Waals surface area contributed by atoms with E-state index < -0.39 is 17.2 Å². The quantitative estimate of drug-likeness (QED) is 0.247. The van der Waals surface area contributed by atoms with Gasteiger partial charge in [0.15, 0.2) is 11.5 Å². The third-order valence-electron chi connectivity index (χ3n) is 7.56. The summed E-state index contributed by atoms with van der Waals surface area (Å²) in [5.74, 6) is 1.06. The molecule has 1 amide bonds. The lowest BCUT2D eigenvalue weighted by Gasteiger charge is -2.43. The minimum absolute atomic E-state index is 0.398. The molecule has 6 rings (SSSR count). The fraction of sp³-hybridized carbons (Fsp3) is 0.273. The van der Waals surface area contributed by atoms with E-state index in [-0.39, 0.29) is 0 Å². The first-order valence-corrected chi connectivity index (χ1v) is 13.9. The van der Waals surface area contributed by atoms with Crippen LogP contribution in [0.3, 0.4) is 0 Å². The second-order valence-electron chi connectivity index (χ2n) is 11.7. The lowest BCUT2D eigenvalue weighted by Crippen LogP contribution is -2.52. The third-order valence-corrected chi connectivity index (χ3v) is 7.56. The predicted octanol–water partition coefficient (Wildman–Crippen LogP) is 6.94. The molecule has 2 aromatic carbocycles. The van der Waals surface area contributed by atoms with E-state index in [1.807, 2.05) is 61.7 Å². The number of pyridine rings is 2. The number of aryl methyl sites for hydroxylation is 1. The molecule has 3 N–H and O–H groups in total. The van der Waals surface area contributed by atoms with Crippen molar-refractivity contribution in [2.45, 2.75) is 58.1 Å².